The summed E-state index contributed by atoms with van der Waals surface area (Å²) in [4.78, 5) is 19.1. The van der Waals surface area contributed by atoms with Crippen LogP contribution < -0.4 is 0 Å². The van der Waals surface area contributed by atoms with Gasteiger partial charge in [0.25, 0.3) is 6.47 Å². The number of ether oxygens (including phenoxy) is 1. The van der Waals surface area contributed by atoms with Crippen molar-refractivity contribution in [1.82, 2.24) is 18.8 Å². The Kier molecular flexibility index (Phi) is 7.04. The van der Waals surface area contributed by atoms with Crippen LogP contribution in [0.1, 0.15) is 29.5 Å². The molecule has 0 bridgehead atoms. The van der Waals surface area contributed by atoms with E-state index in [4.69, 9.17) is 19.6 Å². The maximum absolute atomic E-state index is 12.3. The third-order valence-electron chi connectivity index (χ3n) is 5.21. The summed E-state index contributed by atoms with van der Waals surface area (Å²) in [6, 6.07) is -0.0387. The number of aromatic nitrogens is 3. The fourth-order valence-electron chi connectivity index (χ4n) is 3.67. The normalized spacial score (nSPS) is 21.5. The van der Waals surface area contributed by atoms with Crippen molar-refractivity contribution < 1.29 is 23.1 Å². The molecule has 1 N–H and O–H groups in total. The van der Waals surface area contributed by atoms with Gasteiger partial charge in [-0.2, -0.15) is 0 Å². The maximum Gasteiger partial charge on any atom is 0.290 e. The van der Waals surface area contributed by atoms with Gasteiger partial charge in [-0.3, -0.25) is 4.79 Å². The summed E-state index contributed by atoms with van der Waals surface area (Å²) in [6.07, 6.45) is 8.26. The number of fused-ring (bicyclic) bond motifs is 1. The molecule has 1 aliphatic carbocycles. The number of rotatable bonds is 5. The van der Waals surface area contributed by atoms with Crippen LogP contribution in [0.25, 0.3) is 10.8 Å². The molecule has 11 heteroatoms. The van der Waals surface area contributed by atoms with E-state index in [1.165, 1.54) is 27.7 Å². The first-order valence-electron chi connectivity index (χ1n) is 9.45. The molecule has 0 aromatic carbocycles. The van der Waals surface area contributed by atoms with Crippen molar-refractivity contribution in [3.05, 3.63) is 23.0 Å². The third kappa shape index (κ3) is 4.85. The Morgan fingerprint density at radius 1 is 1.34 bits per heavy atom. The van der Waals surface area contributed by atoms with Crippen molar-refractivity contribution in [1.29, 1.82) is 0 Å². The largest absolute Gasteiger partial charge is 0.483 e. The number of aryl methyl sites for hydroxylation is 2. The molecule has 3 heterocycles. The van der Waals surface area contributed by atoms with E-state index in [-0.39, 0.29) is 24.2 Å². The number of carboxylic acid groups (broad SMARTS) is 1. The highest BCUT2D eigenvalue weighted by Crippen LogP contribution is 2.35. The zero-order valence-electron chi connectivity index (χ0n) is 16.5. The van der Waals surface area contributed by atoms with Crippen LogP contribution in [0.3, 0.4) is 0 Å². The number of hydrogen-bond donors (Lipinski definition) is 1. The van der Waals surface area contributed by atoms with Crippen molar-refractivity contribution in [2.75, 3.05) is 33.1 Å². The summed E-state index contributed by atoms with van der Waals surface area (Å²) < 4.78 is 33.6. The van der Waals surface area contributed by atoms with E-state index in [0.717, 1.165) is 23.7 Å². The minimum atomic E-state index is -3.28. The molecule has 2 aliphatic rings. The van der Waals surface area contributed by atoms with Gasteiger partial charge in [-0.1, -0.05) is 0 Å². The SMILES string of the molecule is CN(C)S(=O)(=O)C[C@@H]1COC[C@H]1n1ccnc1-c1nc2c(s1)CCCC2.O=CO. The molecule has 2 atom stereocenters. The van der Waals surface area contributed by atoms with Gasteiger partial charge >= 0.3 is 0 Å². The number of nitrogens with zero attached hydrogens (tertiary/aromatic N) is 4. The molecule has 0 spiro atoms. The molecule has 0 amide bonds. The molecular weight excluding hydrogens is 416 g/mol. The lowest BCUT2D eigenvalue weighted by molar-refractivity contribution is -0.122. The van der Waals surface area contributed by atoms with E-state index in [1.54, 1.807) is 31.6 Å². The molecule has 0 radical (unpaired) electrons. The second-order valence-corrected chi connectivity index (χ2v) is 10.6. The average Bonchev–Trinajstić information content (AvgIpc) is 3.40. The maximum atomic E-state index is 12.3. The highest BCUT2D eigenvalue weighted by atomic mass is 32.2. The van der Waals surface area contributed by atoms with Crippen LogP contribution in [0.2, 0.25) is 0 Å². The molecule has 1 aliphatic heterocycles. The first-order chi connectivity index (χ1) is 13.9. The highest BCUT2D eigenvalue weighted by Gasteiger charge is 2.35. The zero-order valence-corrected chi connectivity index (χ0v) is 18.2. The number of carbonyl (C=O) groups is 1. The van der Waals surface area contributed by atoms with Gasteiger partial charge in [0.1, 0.15) is 0 Å². The zero-order chi connectivity index (χ0) is 21.0. The van der Waals surface area contributed by atoms with E-state index < -0.39 is 10.0 Å². The van der Waals surface area contributed by atoms with Crippen LogP contribution in [-0.2, 0) is 32.4 Å². The second kappa shape index (κ2) is 9.33. The molecule has 0 saturated carbocycles. The van der Waals surface area contributed by atoms with E-state index in [2.05, 4.69) is 9.55 Å². The van der Waals surface area contributed by atoms with Crippen LogP contribution in [0.4, 0.5) is 0 Å². The molecule has 4 rings (SSSR count). The molecule has 29 heavy (non-hydrogen) atoms. The Balaban J connectivity index is 0.000000755. The van der Waals surface area contributed by atoms with E-state index in [0.29, 0.717) is 13.2 Å². The summed E-state index contributed by atoms with van der Waals surface area (Å²) in [5.74, 6) is 0.813. The van der Waals surface area contributed by atoms with Crippen LogP contribution in [-0.4, -0.2) is 71.9 Å². The number of imidazole rings is 1. The molecular formula is C18H26N4O5S2. The predicted molar refractivity (Wildman–Crippen MR) is 109 cm³/mol. The van der Waals surface area contributed by atoms with Gasteiger partial charge in [-0.05, 0) is 25.7 Å². The van der Waals surface area contributed by atoms with Crippen LogP contribution in [0, 0.1) is 5.92 Å². The van der Waals surface area contributed by atoms with E-state index >= 15 is 0 Å². The first kappa shape index (κ1) is 21.9. The van der Waals surface area contributed by atoms with Crippen molar-refractivity contribution in [2.24, 2.45) is 5.92 Å². The van der Waals surface area contributed by atoms with E-state index in [9.17, 15) is 8.42 Å². The third-order valence-corrected chi connectivity index (χ3v) is 8.32. The van der Waals surface area contributed by atoms with Gasteiger partial charge in [0.15, 0.2) is 10.8 Å². The standard InChI is InChI=1S/C17H24N4O3S2.CH2O2/c1-20(2)26(22,23)11-12-9-24-10-14(12)21-8-7-18-16(21)17-19-13-5-3-4-6-15(13)25-17;2-1-3/h7-8,12,14H,3-6,9-11H2,1-2H3;1H,(H,2,3)/t12-,14+;/m0./s1. The van der Waals surface area contributed by atoms with E-state index in [1.807, 2.05) is 6.20 Å². The first-order valence-corrected chi connectivity index (χ1v) is 11.9. The fourth-order valence-corrected chi connectivity index (χ4v) is 5.98. The lowest BCUT2D eigenvalue weighted by Crippen LogP contribution is -2.32. The Hall–Kier alpha value is -1.82. The molecule has 1 fully saturated rings. The van der Waals surface area contributed by atoms with Gasteiger partial charge in [-0.15, -0.1) is 11.3 Å². The number of hydrogen-bond acceptors (Lipinski definition) is 7. The Labute approximate surface area is 174 Å². The van der Waals surface area contributed by atoms with Crippen LogP contribution >= 0.6 is 11.3 Å². The molecule has 160 valence electrons. The summed E-state index contributed by atoms with van der Waals surface area (Å²) in [5.41, 5.74) is 1.21. The van der Waals surface area contributed by atoms with Crippen molar-refractivity contribution in [2.45, 2.75) is 31.7 Å². The van der Waals surface area contributed by atoms with Gasteiger partial charge in [0.2, 0.25) is 10.0 Å². The van der Waals surface area contributed by atoms with Crippen molar-refractivity contribution in [3.63, 3.8) is 0 Å². The smallest absolute Gasteiger partial charge is 0.290 e. The average molecular weight is 443 g/mol. The van der Waals surface area contributed by atoms with Gasteiger partial charge < -0.3 is 14.4 Å². The predicted octanol–water partition coefficient (Wildman–Crippen LogP) is 1.67. The number of thiazole rings is 1. The van der Waals surface area contributed by atoms with Crippen molar-refractivity contribution in [3.8, 4) is 10.8 Å². The molecule has 9 nitrogen and oxygen atoms in total. The lowest BCUT2D eigenvalue weighted by Gasteiger charge is -2.22. The Morgan fingerprint density at radius 3 is 2.76 bits per heavy atom. The summed E-state index contributed by atoms with van der Waals surface area (Å²) in [7, 11) is -0.134. The second-order valence-electron chi connectivity index (χ2n) is 7.29. The van der Waals surface area contributed by atoms with Gasteiger partial charge in [0.05, 0.1) is 30.7 Å². The molecule has 1 saturated heterocycles. The summed E-state index contributed by atoms with van der Waals surface area (Å²) >= 11 is 1.72. The number of sulfonamides is 1. The highest BCUT2D eigenvalue weighted by molar-refractivity contribution is 7.89. The Bertz CT molecular complexity index is 914. The minimum absolute atomic E-state index is 0.0387. The molecule has 2 aromatic heterocycles. The summed E-state index contributed by atoms with van der Waals surface area (Å²) in [6.45, 7) is 0.700. The summed E-state index contributed by atoms with van der Waals surface area (Å²) in [5, 5.41) is 7.82. The van der Waals surface area contributed by atoms with Crippen molar-refractivity contribution >= 4 is 27.8 Å². The van der Waals surface area contributed by atoms with Crippen LogP contribution in [0.15, 0.2) is 12.4 Å². The monoisotopic (exact) mass is 442 g/mol. The minimum Gasteiger partial charge on any atom is -0.483 e. The fraction of sp³-hybridized carbons (Fsp3) is 0.611. The van der Waals surface area contributed by atoms with Gasteiger partial charge in [-0.25, -0.2) is 22.7 Å². The Morgan fingerprint density at radius 2 is 2.07 bits per heavy atom. The molecule has 0 unspecified atom stereocenters. The van der Waals surface area contributed by atoms with Gasteiger partial charge in [0, 0.05) is 37.3 Å². The molecule has 2 aromatic rings. The quantitative estimate of drug-likeness (QED) is 0.700. The topological polar surface area (TPSA) is 115 Å². The van der Waals surface area contributed by atoms with Crippen LogP contribution in [0.5, 0.6) is 0 Å². The lowest BCUT2D eigenvalue weighted by atomic mass is 10.0.